The number of carboxylic acids is 1. The van der Waals surface area contributed by atoms with E-state index in [1.54, 1.807) is 6.07 Å². The Morgan fingerprint density at radius 1 is 1.40 bits per heavy atom. The van der Waals surface area contributed by atoms with Crippen LogP contribution in [0, 0.1) is 0 Å². The van der Waals surface area contributed by atoms with E-state index in [9.17, 15) is 9.59 Å². The van der Waals surface area contributed by atoms with Crippen molar-refractivity contribution in [1.82, 2.24) is 10.3 Å². The maximum Gasteiger partial charge on any atom is 0.354 e. The molecule has 1 fully saturated rings. The van der Waals surface area contributed by atoms with Crippen LogP contribution in [0.2, 0.25) is 0 Å². The average Bonchev–Trinajstić information content (AvgIpc) is 2.46. The normalized spacial score (nSPS) is 17.4. The zero-order valence-corrected chi connectivity index (χ0v) is 11.0. The lowest BCUT2D eigenvalue weighted by atomic mass is 9.90. The number of nitrogens with two attached hydrogens (primary N) is 1. The molecule has 2 heterocycles. The maximum absolute atomic E-state index is 12.1. The Kier molecular flexibility index (Phi) is 4.31. The number of aromatic nitrogens is 1. The number of carboxylic acid groups (broad SMARTS) is 1. The maximum atomic E-state index is 12.1. The minimum atomic E-state index is -1.08. The number of carbonyl (C=O) groups excluding carboxylic acids is 1. The summed E-state index contributed by atoms with van der Waals surface area (Å²) in [4.78, 5) is 26.5. The number of hydrogen-bond donors (Lipinski definition) is 3. The molecule has 0 atom stereocenters. The van der Waals surface area contributed by atoms with E-state index in [0.29, 0.717) is 26.1 Å². The summed E-state index contributed by atoms with van der Waals surface area (Å²) in [6, 6.07) is 3.01. The van der Waals surface area contributed by atoms with Gasteiger partial charge in [-0.1, -0.05) is 6.07 Å². The zero-order chi connectivity index (χ0) is 14.6. The zero-order valence-electron chi connectivity index (χ0n) is 11.0. The van der Waals surface area contributed by atoms with Gasteiger partial charge in [-0.15, -0.1) is 0 Å². The lowest BCUT2D eigenvalue weighted by Crippen LogP contribution is -2.56. The number of carbonyl (C=O) groups is 2. The molecular weight excluding hydrogens is 262 g/mol. The first kappa shape index (κ1) is 14.4. The molecule has 0 unspecified atom stereocenters. The minimum Gasteiger partial charge on any atom is -0.477 e. The quantitative estimate of drug-likeness (QED) is 0.709. The fraction of sp³-hybridized carbons (Fsp3) is 0.462. The summed E-state index contributed by atoms with van der Waals surface area (Å²) in [5, 5.41) is 11.5. The van der Waals surface area contributed by atoms with Crippen molar-refractivity contribution in [2.75, 3.05) is 13.2 Å². The molecule has 1 aromatic heterocycles. The molecule has 1 aliphatic rings. The van der Waals surface area contributed by atoms with Gasteiger partial charge in [-0.25, -0.2) is 9.78 Å². The van der Waals surface area contributed by atoms with Gasteiger partial charge in [0.25, 0.3) is 0 Å². The Hall–Kier alpha value is -1.99. The van der Waals surface area contributed by atoms with Gasteiger partial charge in [0.2, 0.25) is 5.91 Å². The van der Waals surface area contributed by atoms with E-state index in [1.165, 1.54) is 12.3 Å². The number of nitrogens with zero attached hydrogens (tertiary/aromatic N) is 1. The van der Waals surface area contributed by atoms with Crippen molar-refractivity contribution in [3.63, 3.8) is 0 Å². The second-order valence-corrected chi connectivity index (χ2v) is 4.81. The molecule has 7 heteroatoms. The second kappa shape index (κ2) is 5.98. The van der Waals surface area contributed by atoms with Crippen LogP contribution < -0.4 is 11.1 Å². The third kappa shape index (κ3) is 3.31. The van der Waals surface area contributed by atoms with E-state index in [1.807, 2.05) is 0 Å². The van der Waals surface area contributed by atoms with Crippen LogP contribution in [0.15, 0.2) is 18.3 Å². The molecule has 20 heavy (non-hydrogen) atoms. The van der Waals surface area contributed by atoms with Gasteiger partial charge in [-0.3, -0.25) is 4.79 Å². The fourth-order valence-corrected chi connectivity index (χ4v) is 1.98. The number of pyridine rings is 1. The molecule has 0 radical (unpaired) electrons. The standard InChI is InChI=1S/C13H17N3O4/c14-13(3-5-20-6-4-13)12(19)16-8-9-1-2-10(11(17)18)15-7-9/h1-2,7H,3-6,8,14H2,(H,16,19)(H,17,18). The number of nitrogens with one attached hydrogen (secondary N) is 1. The summed E-state index contributed by atoms with van der Waals surface area (Å²) < 4.78 is 5.19. The molecule has 0 aromatic carbocycles. The second-order valence-electron chi connectivity index (χ2n) is 4.81. The van der Waals surface area contributed by atoms with Gasteiger partial charge in [0.1, 0.15) is 5.69 Å². The van der Waals surface area contributed by atoms with Crippen molar-refractivity contribution < 1.29 is 19.4 Å². The highest BCUT2D eigenvalue weighted by Crippen LogP contribution is 2.17. The van der Waals surface area contributed by atoms with Crippen LogP contribution in [-0.4, -0.2) is 40.7 Å². The van der Waals surface area contributed by atoms with Crippen molar-refractivity contribution in [2.24, 2.45) is 5.73 Å². The Morgan fingerprint density at radius 3 is 2.65 bits per heavy atom. The van der Waals surface area contributed by atoms with Crippen molar-refractivity contribution in [3.05, 3.63) is 29.6 Å². The highest BCUT2D eigenvalue weighted by Gasteiger charge is 2.35. The van der Waals surface area contributed by atoms with Crippen LogP contribution in [0.5, 0.6) is 0 Å². The van der Waals surface area contributed by atoms with Gasteiger partial charge in [0.15, 0.2) is 0 Å². The third-order valence-corrected chi connectivity index (χ3v) is 3.33. The monoisotopic (exact) mass is 279 g/mol. The van der Waals surface area contributed by atoms with Crippen LogP contribution in [0.3, 0.4) is 0 Å². The Morgan fingerprint density at radius 2 is 2.10 bits per heavy atom. The van der Waals surface area contributed by atoms with Crippen LogP contribution >= 0.6 is 0 Å². The number of hydrogen-bond acceptors (Lipinski definition) is 5. The summed E-state index contributed by atoms with van der Waals surface area (Å²) >= 11 is 0. The first-order valence-corrected chi connectivity index (χ1v) is 6.34. The van der Waals surface area contributed by atoms with Crippen LogP contribution in [0.25, 0.3) is 0 Å². The van der Waals surface area contributed by atoms with Crippen molar-refractivity contribution in [3.8, 4) is 0 Å². The van der Waals surface area contributed by atoms with Crippen molar-refractivity contribution in [1.29, 1.82) is 0 Å². The summed E-state index contributed by atoms with van der Waals surface area (Å²) in [5.74, 6) is -1.30. The molecule has 0 saturated carbocycles. The number of amides is 1. The molecule has 0 bridgehead atoms. The molecule has 1 aromatic rings. The fourth-order valence-electron chi connectivity index (χ4n) is 1.98. The molecule has 0 spiro atoms. The molecule has 1 aliphatic heterocycles. The highest BCUT2D eigenvalue weighted by molar-refractivity contribution is 5.86. The molecule has 108 valence electrons. The summed E-state index contributed by atoms with van der Waals surface area (Å²) in [6.45, 7) is 1.24. The molecule has 1 saturated heterocycles. The van der Waals surface area contributed by atoms with E-state index in [0.717, 1.165) is 5.56 Å². The van der Waals surface area contributed by atoms with Gasteiger partial charge < -0.3 is 20.9 Å². The van der Waals surface area contributed by atoms with E-state index in [2.05, 4.69) is 10.3 Å². The van der Waals surface area contributed by atoms with Gasteiger partial charge in [-0.2, -0.15) is 0 Å². The van der Waals surface area contributed by atoms with Crippen molar-refractivity contribution >= 4 is 11.9 Å². The van der Waals surface area contributed by atoms with Crippen LogP contribution in [0.4, 0.5) is 0 Å². The third-order valence-electron chi connectivity index (χ3n) is 3.33. The van der Waals surface area contributed by atoms with Gasteiger partial charge in [-0.05, 0) is 24.5 Å². The van der Waals surface area contributed by atoms with Crippen molar-refractivity contribution in [2.45, 2.75) is 24.9 Å². The molecule has 2 rings (SSSR count). The van der Waals surface area contributed by atoms with Gasteiger partial charge in [0, 0.05) is 26.0 Å². The summed E-state index contributed by atoms with van der Waals surface area (Å²) in [5.41, 5.74) is 5.86. The molecule has 7 nitrogen and oxygen atoms in total. The summed E-state index contributed by atoms with van der Waals surface area (Å²) in [7, 11) is 0. The predicted octanol–water partition coefficient (Wildman–Crippen LogP) is -0.0961. The molecule has 1 amide bonds. The highest BCUT2D eigenvalue weighted by atomic mass is 16.5. The van der Waals surface area contributed by atoms with E-state index < -0.39 is 11.5 Å². The van der Waals surface area contributed by atoms with Crippen LogP contribution in [0.1, 0.15) is 28.9 Å². The molecule has 0 aliphatic carbocycles. The van der Waals surface area contributed by atoms with E-state index in [4.69, 9.17) is 15.6 Å². The van der Waals surface area contributed by atoms with E-state index >= 15 is 0 Å². The molecule has 4 N–H and O–H groups in total. The minimum absolute atomic E-state index is 0.0280. The SMILES string of the molecule is NC1(C(=O)NCc2ccc(C(=O)O)nc2)CCOCC1. The Balaban J connectivity index is 1.91. The first-order chi connectivity index (χ1) is 9.51. The lowest BCUT2D eigenvalue weighted by molar-refractivity contribution is -0.129. The Bertz CT molecular complexity index is 495. The van der Waals surface area contributed by atoms with Crippen LogP contribution in [-0.2, 0) is 16.1 Å². The number of aromatic carboxylic acids is 1. The molecular formula is C13H17N3O4. The summed E-state index contributed by atoms with van der Waals surface area (Å²) in [6.07, 6.45) is 2.42. The smallest absolute Gasteiger partial charge is 0.354 e. The van der Waals surface area contributed by atoms with E-state index in [-0.39, 0.29) is 18.1 Å². The predicted molar refractivity (Wildman–Crippen MR) is 70.0 cm³/mol. The van der Waals surface area contributed by atoms with Gasteiger partial charge in [0.05, 0.1) is 5.54 Å². The largest absolute Gasteiger partial charge is 0.477 e. The van der Waals surface area contributed by atoms with Gasteiger partial charge >= 0.3 is 5.97 Å². The topological polar surface area (TPSA) is 115 Å². The first-order valence-electron chi connectivity index (χ1n) is 6.34. The number of rotatable bonds is 4. The Labute approximate surface area is 116 Å². The number of ether oxygens (including phenoxy) is 1. The average molecular weight is 279 g/mol. The lowest BCUT2D eigenvalue weighted by Gasteiger charge is -2.31.